The van der Waals surface area contributed by atoms with E-state index < -0.39 is 34.1 Å². The Bertz CT molecular complexity index is 1170. The molecule has 0 heterocycles. The largest absolute Gasteiger partial charge is 0.350 e. The lowest BCUT2D eigenvalue weighted by atomic mass is 10.1. The van der Waals surface area contributed by atoms with Crippen LogP contribution in [0.5, 0.6) is 0 Å². The van der Waals surface area contributed by atoms with Crippen LogP contribution >= 0.6 is 34.8 Å². The number of hydrogen-bond donors (Lipinski definition) is 1. The molecule has 0 bridgehead atoms. The summed E-state index contributed by atoms with van der Waals surface area (Å²) in [6.45, 7) is 6.82. The molecule has 0 fully saturated rings. The minimum Gasteiger partial charge on any atom is -0.350 e. The van der Waals surface area contributed by atoms with Crippen LogP contribution in [0.2, 0.25) is 15.1 Å². The molecule has 35 heavy (non-hydrogen) atoms. The smallest absolute Gasteiger partial charge is 0.243 e. The molecular formula is C24H30Cl3N3O4S. The molecule has 7 nitrogen and oxygen atoms in total. The van der Waals surface area contributed by atoms with Crippen molar-refractivity contribution in [2.45, 2.75) is 57.1 Å². The monoisotopic (exact) mass is 561 g/mol. The van der Waals surface area contributed by atoms with Crippen molar-refractivity contribution in [2.75, 3.05) is 13.6 Å². The van der Waals surface area contributed by atoms with E-state index in [4.69, 9.17) is 34.8 Å². The minimum absolute atomic E-state index is 0.000260. The molecule has 2 aromatic carbocycles. The maximum absolute atomic E-state index is 13.5. The predicted octanol–water partition coefficient (Wildman–Crippen LogP) is 4.99. The van der Waals surface area contributed by atoms with Gasteiger partial charge >= 0.3 is 0 Å². The van der Waals surface area contributed by atoms with Gasteiger partial charge in [-0.1, -0.05) is 47.8 Å². The highest BCUT2D eigenvalue weighted by molar-refractivity contribution is 7.89. The molecule has 2 rings (SSSR count). The van der Waals surface area contributed by atoms with Crippen molar-refractivity contribution < 1.29 is 18.0 Å². The second-order valence-electron chi connectivity index (χ2n) is 9.14. The molecule has 1 unspecified atom stereocenters. The van der Waals surface area contributed by atoms with Gasteiger partial charge in [0, 0.05) is 34.2 Å². The van der Waals surface area contributed by atoms with Crippen molar-refractivity contribution in [1.82, 2.24) is 14.5 Å². The normalized spacial score (nSPS) is 12.9. The van der Waals surface area contributed by atoms with E-state index in [9.17, 15) is 18.0 Å². The Balaban J connectivity index is 2.39. The average Bonchev–Trinajstić information content (AvgIpc) is 2.74. The van der Waals surface area contributed by atoms with E-state index in [1.807, 2.05) is 20.8 Å². The zero-order valence-electron chi connectivity index (χ0n) is 20.3. The first-order valence-corrected chi connectivity index (χ1v) is 13.5. The molecule has 0 spiro atoms. The van der Waals surface area contributed by atoms with Crippen LogP contribution in [0.4, 0.5) is 0 Å². The third-order valence-corrected chi connectivity index (χ3v) is 7.78. The Morgan fingerprint density at radius 1 is 1.00 bits per heavy atom. The van der Waals surface area contributed by atoms with Crippen molar-refractivity contribution in [3.05, 3.63) is 63.1 Å². The zero-order valence-corrected chi connectivity index (χ0v) is 23.4. The van der Waals surface area contributed by atoms with Crippen LogP contribution in [-0.2, 0) is 26.2 Å². The first-order chi connectivity index (χ1) is 16.2. The van der Waals surface area contributed by atoms with E-state index in [0.717, 1.165) is 4.31 Å². The summed E-state index contributed by atoms with van der Waals surface area (Å²) in [6.07, 6.45) is 0.312. The Morgan fingerprint density at radius 2 is 1.57 bits per heavy atom. The topological polar surface area (TPSA) is 86.8 Å². The first-order valence-electron chi connectivity index (χ1n) is 10.9. The number of likely N-dealkylation sites (N-methyl/N-ethyl adjacent to an activating group) is 1. The number of nitrogens with zero attached hydrogens (tertiary/aromatic N) is 2. The van der Waals surface area contributed by atoms with E-state index in [-0.39, 0.29) is 17.3 Å². The van der Waals surface area contributed by atoms with Gasteiger partial charge in [0.15, 0.2) is 0 Å². The van der Waals surface area contributed by atoms with Crippen LogP contribution in [0, 0.1) is 0 Å². The van der Waals surface area contributed by atoms with E-state index in [0.29, 0.717) is 27.1 Å². The minimum atomic E-state index is -3.97. The van der Waals surface area contributed by atoms with Crippen molar-refractivity contribution in [1.29, 1.82) is 0 Å². The highest BCUT2D eigenvalue weighted by Gasteiger charge is 2.33. The third kappa shape index (κ3) is 8.08. The Labute approximate surface area is 222 Å². The van der Waals surface area contributed by atoms with E-state index >= 15 is 0 Å². The van der Waals surface area contributed by atoms with Crippen LogP contribution < -0.4 is 5.32 Å². The molecule has 0 aliphatic rings. The van der Waals surface area contributed by atoms with E-state index in [1.165, 1.54) is 36.2 Å². The lowest BCUT2D eigenvalue weighted by Gasteiger charge is -2.34. The Morgan fingerprint density at radius 3 is 2.09 bits per heavy atom. The van der Waals surface area contributed by atoms with Gasteiger partial charge in [0.25, 0.3) is 0 Å². The number of halogens is 3. The number of sulfonamides is 1. The van der Waals surface area contributed by atoms with Crippen molar-refractivity contribution in [2.24, 2.45) is 0 Å². The highest BCUT2D eigenvalue weighted by Crippen LogP contribution is 2.24. The maximum atomic E-state index is 13.5. The van der Waals surface area contributed by atoms with Gasteiger partial charge in [-0.15, -0.1) is 0 Å². The molecule has 0 aliphatic carbocycles. The summed E-state index contributed by atoms with van der Waals surface area (Å²) in [5.41, 5.74) is 0.0564. The van der Waals surface area contributed by atoms with Crippen LogP contribution in [0.15, 0.2) is 47.4 Å². The first kappa shape index (κ1) is 29.4. The molecule has 0 saturated heterocycles. The van der Waals surface area contributed by atoms with Crippen LogP contribution in [-0.4, -0.2) is 54.6 Å². The number of amides is 2. The van der Waals surface area contributed by atoms with Crippen molar-refractivity contribution in [3.8, 4) is 0 Å². The van der Waals surface area contributed by atoms with Gasteiger partial charge in [-0.25, -0.2) is 8.42 Å². The number of rotatable bonds is 9. The van der Waals surface area contributed by atoms with Gasteiger partial charge in [-0.3, -0.25) is 9.59 Å². The SMILES string of the molecule is CCC(C(=O)NC(C)(C)C)N(Cc1ccc(Cl)cc1Cl)C(=O)CN(C)S(=O)(=O)c1ccc(Cl)cc1. The quantitative estimate of drug-likeness (QED) is 0.467. The number of benzene rings is 2. The number of hydrogen-bond acceptors (Lipinski definition) is 4. The summed E-state index contributed by atoms with van der Waals surface area (Å²) < 4.78 is 27.0. The lowest BCUT2D eigenvalue weighted by Crippen LogP contribution is -2.55. The molecule has 1 atom stereocenters. The molecule has 0 aromatic heterocycles. The molecular weight excluding hydrogens is 533 g/mol. The second-order valence-corrected chi connectivity index (χ2v) is 12.5. The summed E-state index contributed by atoms with van der Waals surface area (Å²) in [7, 11) is -2.66. The standard InChI is InChI=1S/C24H30Cl3N3O4S/c1-6-21(23(32)28-24(2,3)4)30(14-16-7-8-18(26)13-20(16)27)22(31)15-29(5)35(33,34)19-11-9-17(25)10-12-19/h7-13,21H,6,14-15H2,1-5H3,(H,28,32). The van der Waals surface area contributed by atoms with Crippen molar-refractivity contribution >= 4 is 56.6 Å². The number of carbonyl (C=O) groups excluding carboxylic acids is 2. The molecule has 0 saturated carbocycles. The highest BCUT2D eigenvalue weighted by atomic mass is 35.5. The molecule has 1 N–H and O–H groups in total. The fourth-order valence-corrected chi connectivity index (χ4v) is 5.07. The molecule has 0 aliphatic heterocycles. The van der Waals surface area contributed by atoms with E-state index in [1.54, 1.807) is 25.1 Å². The molecule has 2 amide bonds. The lowest BCUT2D eigenvalue weighted by molar-refractivity contribution is -0.142. The Hall–Kier alpha value is -1.84. The van der Waals surface area contributed by atoms with E-state index in [2.05, 4.69) is 5.32 Å². The van der Waals surface area contributed by atoms with Gasteiger partial charge in [0.2, 0.25) is 21.8 Å². The predicted molar refractivity (Wildman–Crippen MR) is 140 cm³/mol. The fraction of sp³-hybridized carbons (Fsp3) is 0.417. The maximum Gasteiger partial charge on any atom is 0.243 e. The number of nitrogens with one attached hydrogen (secondary N) is 1. The summed E-state index contributed by atoms with van der Waals surface area (Å²) in [6, 6.07) is 9.68. The van der Waals surface area contributed by atoms with Gasteiger partial charge in [-0.2, -0.15) is 4.31 Å². The summed E-state index contributed by atoms with van der Waals surface area (Å²) in [5.74, 6) is -0.895. The third-order valence-electron chi connectivity index (χ3n) is 5.12. The van der Waals surface area contributed by atoms with Crippen LogP contribution in [0.3, 0.4) is 0 Å². The summed E-state index contributed by atoms with van der Waals surface area (Å²) in [4.78, 5) is 27.9. The Kier molecular flexibility index (Phi) is 10.0. The average molecular weight is 563 g/mol. The van der Waals surface area contributed by atoms with Gasteiger partial charge < -0.3 is 10.2 Å². The molecule has 11 heteroatoms. The summed E-state index contributed by atoms with van der Waals surface area (Å²) in [5, 5.41) is 4.06. The fourth-order valence-electron chi connectivity index (χ4n) is 3.36. The van der Waals surface area contributed by atoms with Gasteiger partial charge in [0.05, 0.1) is 11.4 Å². The van der Waals surface area contributed by atoms with Gasteiger partial charge in [-0.05, 0) is 69.2 Å². The number of carbonyl (C=O) groups is 2. The van der Waals surface area contributed by atoms with Crippen molar-refractivity contribution in [3.63, 3.8) is 0 Å². The molecule has 192 valence electrons. The van der Waals surface area contributed by atoms with Gasteiger partial charge in [0.1, 0.15) is 6.04 Å². The summed E-state index contributed by atoms with van der Waals surface area (Å²) >= 11 is 18.2. The van der Waals surface area contributed by atoms with Crippen LogP contribution in [0.1, 0.15) is 39.7 Å². The molecule has 2 aromatic rings. The second kappa shape index (κ2) is 11.9. The zero-order chi connectivity index (χ0) is 26.6. The van der Waals surface area contributed by atoms with Crippen LogP contribution in [0.25, 0.3) is 0 Å². The molecule has 0 radical (unpaired) electrons.